The summed E-state index contributed by atoms with van der Waals surface area (Å²) in [6.07, 6.45) is 0.333. The average molecular weight is 347 g/mol. The molecule has 1 unspecified atom stereocenters. The number of hydrogen-bond donors (Lipinski definition) is 2. The lowest BCUT2D eigenvalue weighted by Crippen LogP contribution is -2.23. The van der Waals surface area contributed by atoms with Crippen molar-refractivity contribution in [2.75, 3.05) is 24.8 Å². The molecule has 1 aliphatic rings. The second-order valence-electron chi connectivity index (χ2n) is 6.15. The molecule has 24 heavy (non-hydrogen) atoms. The van der Waals surface area contributed by atoms with Crippen LogP contribution in [0.25, 0.3) is 0 Å². The van der Waals surface area contributed by atoms with Crippen LogP contribution in [0.4, 0.5) is 10.9 Å². The first-order valence-electron chi connectivity index (χ1n) is 7.85. The van der Waals surface area contributed by atoms with Gasteiger partial charge in [-0.3, -0.25) is 4.79 Å². The number of hydrogen-bond acceptors (Lipinski definition) is 6. The first-order chi connectivity index (χ1) is 11.5. The van der Waals surface area contributed by atoms with Crippen LogP contribution in [0.15, 0.2) is 18.2 Å². The van der Waals surface area contributed by atoms with Crippen LogP contribution < -0.4 is 20.5 Å². The zero-order valence-electron chi connectivity index (χ0n) is 14.0. The number of nitrogens with zero attached hydrogens (tertiary/aromatic N) is 1. The largest absolute Gasteiger partial charge is 0.493 e. The summed E-state index contributed by atoms with van der Waals surface area (Å²) in [5, 5.41) is 3.23. The Balaban J connectivity index is 2.07. The fourth-order valence-electron chi connectivity index (χ4n) is 2.76. The molecule has 0 bridgehead atoms. The minimum Gasteiger partial charge on any atom is -0.493 e. The monoisotopic (exact) mass is 347 g/mol. The van der Waals surface area contributed by atoms with Crippen molar-refractivity contribution >= 4 is 28.2 Å². The maximum Gasteiger partial charge on any atom is 0.226 e. The molecule has 1 amide bonds. The highest BCUT2D eigenvalue weighted by molar-refractivity contribution is 7.16. The van der Waals surface area contributed by atoms with Crippen molar-refractivity contribution < 1.29 is 14.3 Å². The highest BCUT2D eigenvalue weighted by Gasteiger charge is 2.32. The number of nitrogens with two attached hydrogens (primary N) is 1. The molecule has 1 aliphatic heterocycles. The second kappa shape index (κ2) is 6.68. The van der Waals surface area contributed by atoms with E-state index in [-0.39, 0.29) is 11.8 Å². The molecule has 0 spiro atoms. The summed E-state index contributed by atoms with van der Waals surface area (Å²) in [4.78, 5) is 17.3. The van der Waals surface area contributed by atoms with Gasteiger partial charge in [-0.15, -0.1) is 0 Å². The molecule has 3 rings (SSSR count). The first kappa shape index (κ1) is 16.6. The standard InChI is InChI=1S/C17H21N3O3S/c1-9(2)8-23-14-10(5-4-6-12(14)22-3)11-7-13(21)19-16-15(11)24-17(18)20-16/h4-6,9,11H,7-8H2,1-3H3,(H2,18,20)(H,19,21). The second-order valence-corrected chi connectivity index (χ2v) is 7.22. The Morgan fingerprint density at radius 1 is 1.46 bits per heavy atom. The molecular formula is C17H21N3O3S. The number of rotatable bonds is 5. The molecule has 128 valence electrons. The fourth-order valence-corrected chi connectivity index (χ4v) is 3.67. The quantitative estimate of drug-likeness (QED) is 0.867. The Hall–Kier alpha value is -2.28. The molecule has 2 heterocycles. The van der Waals surface area contributed by atoms with E-state index in [1.54, 1.807) is 7.11 Å². The lowest BCUT2D eigenvalue weighted by Gasteiger charge is -2.25. The molecule has 0 saturated heterocycles. The van der Waals surface area contributed by atoms with Gasteiger partial charge in [0.05, 0.1) is 18.6 Å². The Morgan fingerprint density at radius 3 is 2.96 bits per heavy atom. The molecule has 0 radical (unpaired) electrons. The third kappa shape index (κ3) is 3.17. The van der Waals surface area contributed by atoms with Crippen LogP contribution in [0.2, 0.25) is 0 Å². The van der Waals surface area contributed by atoms with Crippen molar-refractivity contribution in [1.29, 1.82) is 0 Å². The van der Waals surface area contributed by atoms with Crippen LogP contribution >= 0.6 is 11.3 Å². The number of ether oxygens (including phenoxy) is 2. The van der Waals surface area contributed by atoms with E-state index in [1.807, 2.05) is 18.2 Å². The third-order valence-electron chi connectivity index (χ3n) is 3.80. The van der Waals surface area contributed by atoms with Gasteiger partial charge in [-0.2, -0.15) is 0 Å². The lowest BCUT2D eigenvalue weighted by atomic mass is 9.90. The van der Waals surface area contributed by atoms with Crippen LogP contribution in [0.3, 0.4) is 0 Å². The van der Waals surface area contributed by atoms with Gasteiger partial charge in [0.2, 0.25) is 5.91 Å². The minimum atomic E-state index is -0.138. The summed E-state index contributed by atoms with van der Waals surface area (Å²) in [5.41, 5.74) is 6.76. The molecule has 1 atom stereocenters. The molecule has 0 aliphatic carbocycles. The summed E-state index contributed by atoms with van der Waals surface area (Å²) in [5.74, 6) is 2.07. The summed E-state index contributed by atoms with van der Waals surface area (Å²) < 4.78 is 11.5. The maximum absolute atomic E-state index is 12.1. The third-order valence-corrected chi connectivity index (χ3v) is 4.80. The van der Waals surface area contributed by atoms with Gasteiger partial charge >= 0.3 is 0 Å². The number of carbonyl (C=O) groups is 1. The zero-order chi connectivity index (χ0) is 17.3. The lowest BCUT2D eigenvalue weighted by molar-refractivity contribution is -0.116. The van der Waals surface area contributed by atoms with Gasteiger partial charge < -0.3 is 20.5 Å². The number of methoxy groups -OCH3 is 1. The normalized spacial score (nSPS) is 16.7. The summed E-state index contributed by atoms with van der Waals surface area (Å²) >= 11 is 1.40. The van der Waals surface area contributed by atoms with E-state index in [2.05, 4.69) is 24.1 Å². The maximum atomic E-state index is 12.1. The zero-order valence-corrected chi connectivity index (χ0v) is 14.8. The van der Waals surface area contributed by atoms with Gasteiger partial charge in [0.1, 0.15) is 5.82 Å². The van der Waals surface area contributed by atoms with Crippen molar-refractivity contribution in [1.82, 2.24) is 4.98 Å². The van der Waals surface area contributed by atoms with Gasteiger partial charge in [0, 0.05) is 17.9 Å². The molecular weight excluding hydrogens is 326 g/mol. The molecule has 0 saturated carbocycles. The van der Waals surface area contributed by atoms with Crippen molar-refractivity contribution in [2.45, 2.75) is 26.2 Å². The first-order valence-corrected chi connectivity index (χ1v) is 8.67. The summed E-state index contributed by atoms with van der Waals surface area (Å²) in [7, 11) is 1.62. The highest BCUT2D eigenvalue weighted by atomic mass is 32.1. The molecule has 0 fully saturated rings. The number of thiazole rings is 1. The molecule has 1 aromatic carbocycles. The van der Waals surface area contributed by atoms with Gasteiger partial charge in [-0.1, -0.05) is 37.3 Å². The Bertz CT molecular complexity index is 758. The number of amides is 1. The van der Waals surface area contributed by atoms with Gasteiger partial charge in [-0.25, -0.2) is 4.98 Å². The van der Waals surface area contributed by atoms with Gasteiger partial charge in [0.25, 0.3) is 0 Å². The predicted molar refractivity (Wildman–Crippen MR) is 94.9 cm³/mol. The number of aromatic nitrogens is 1. The number of carbonyl (C=O) groups excluding carboxylic acids is 1. The summed E-state index contributed by atoms with van der Waals surface area (Å²) in [6, 6.07) is 5.75. The Labute approximate surface area is 145 Å². The molecule has 6 nitrogen and oxygen atoms in total. The van der Waals surface area contributed by atoms with Crippen molar-refractivity contribution in [2.24, 2.45) is 5.92 Å². The number of benzene rings is 1. The van der Waals surface area contributed by atoms with Crippen LogP contribution in [0.1, 0.15) is 36.6 Å². The SMILES string of the molecule is COc1cccc(C2CC(=O)Nc3nc(N)sc32)c1OCC(C)C. The fraction of sp³-hybridized carbons (Fsp3) is 0.412. The number of nitrogen functional groups attached to an aromatic ring is 1. The molecule has 2 aromatic rings. The molecule has 3 N–H and O–H groups in total. The van der Waals surface area contributed by atoms with E-state index in [0.29, 0.717) is 41.4 Å². The smallest absolute Gasteiger partial charge is 0.226 e. The topological polar surface area (TPSA) is 86.5 Å². The van der Waals surface area contributed by atoms with Crippen molar-refractivity contribution in [3.63, 3.8) is 0 Å². The van der Waals surface area contributed by atoms with Gasteiger partial charge in [0.15, 0.2) is 16.6 Å². The average Bonchev–Trinajstić information content (AvgIpc) is 2.91. The van der Waals surface area contributed by atoms with Crippen LogP contribution in [-0.2, 0) is 4.79 Å². The number of anilines is 2. The van der Waals surface area contributed by atoms with Crippen molar-refractivity contribution in [3.05, 3.63) is 28.6 Å². The number of fused-ring (bicyclic) bond motifs is 1. The number of para-hydroxylation sites is 1. The van der Waals surface area contributed by atoms with E-state index in [0.717, 1.165) is 10.4 Å². The van der Waals surface area contributed by atoms with E-state index < -0.39 is 0 Å². The van der Waals surface area contributed by atoms with Crippen LogP contribution in [0.5, 0.6) is 11.5 Å². The highest BCUT2D eigenvalue weighted by Crippen LogP contribution is 2.46. The minimum absolute atomic E-state index is 0.0737. The Kier molecular flexibility index (Phi) is 4.62. The molecule has 1 aromatic heterocycles. The predicted octanol–water partition coefficient (Wildman–Crippen LogP) is 3.24. The van der Waals surface area contributed by atoms with Crippen LogP contribution in [0, 0.1) is 5.92 Å². The van der Waals surface area contributed by atoms with E-state index in [4.69, 9.17) is 15.2 Å². The van der Waals surface area contributed by atoms with E-state index in [1.165, 1.54) is 11.3 Å². The molecule has 7 heteroatoms. The van der Waals surface area contributed by atoms with Crippen molar-refractivity contribution in [3.8, 4) is 11.5 Å². The number of nitrogens with one attached hydrogen (secondary N) is 1. The summed E-state index contributed by atoms with van der Waals surface area (Å²) in [6.45, 7) is 4.75. The Morgan fingerprint density at radius 2 is 2.25 bits per heavy atom. The van der Waals surface area contributed by atoms with E-state index >= 15 is 0 Å². The van der Waals surface area contributed by atoms with E-state index in [9.17, 15) is 4.79 Å². The van der Waals surface area contributed by atoms with Crippen LogP contribution in [-0.4, -0.2) is 24.6 Å². The van der Waals surface area contributed by atoms with Gasteiger partial charge in [-0.05, 0) is 12.0 Å².